The molecule has 5 saturated heterocycles. The van der Waals surface area contributed by atoms with E-state index in [-0.39, 0.29) is 80.5 Å². The summed E-state index contributed by atoms with van der Waals surface area (Å²) in [6.45, 7) is 32.6. The summed E-state index contributed by atoms with van der Waals surface area (Å²) in [5, 5.41) is 9.87. The first-order valence-corrected chi connectivity index (χ1v) is 65.0. The maximum Gasteiger partial charge on any atom is 0.312 e. The van der Waals surface area contributed by atoms with E-state index < -0.39 is 35.4 Å². The van der Waals surface area contributed by atoms with Gasteiger partial charge in [0.1, 0.15) is 36.3 Å². The van der Waals surface area contributed by atoms with Crippen LogP contribution in [0.3, 0.4) is 0 Å². The highest BCUT2D eigenvalue weighted by Gasteiger charge is 2.53. The third-order valence-corrected chi connectivity index (χ3v) is 34.1. The Bertz CT molecular complexity index is 5080. The number of ketones is 2. The van der Waals surface area contributed by atoms with Crippen LogP contribution in [-0.4, -0.2) is 174 Å². The van der Waals surface area contributed by atoms with Gasteiger partial charge in [-0.2, -0.15) is 0 Å². The van der Waals surface area contributed by atoms with Gasteiger partial charge in [0.05, 0.1) is 90.6 Å². The summed E-state index contributed by atoms with van der Waals surface area (Å²) in [6, 6.07) is 63.2. The van der Waals surface area contributed by atoms with Crippen LogP contribution >= 0.6 is 0 Å². The Morgan fingerprint density at radius 1 is 0.354 bits per heavy atom. The van der Waals surface area contributed by atoms with Crippen LogP contribution in [0.1, 0.15) is 253 Å². The molecule has 0 amide bonds. The van der Waals surface area contributed by atoms with Gasteiger partial charge in [0, 0.05) is 112 Å². The van der Waals surface area contributed by atoms with E-state index in [1.54, 1.807) is 6.08 Å². The van der Waals surface area contributed by atoms with Crippen molar-refractivity contribution in [2.24, 2.45) is 38.4 Å². The SMILES string of the molecule is CCOC(=O)C1(CCc2ccccc2)CCC2(CC1)OCCO2.CCOC(=O)C1CCC2(CC1)OCCO2.C[Si](C)(C)C#CC1(CCc2ccccc2)C=CC(=O)CC1.C[Si](C)(C)C#CC1(CCc2ccccc2)CCC(=O)CC1.C[Si](C)(C)C#CC1(CCc2ccccc2)CCC2(CC1)OCCO2.O=CC1(CCc2ccccc2)CCC2(CC1)OCCO2.OCC1(CCc2ccccc2)CCC2(CC1)OCCO2. The number of rotatable bonds is 24. The van der Waals surface area contributed by atoms with E-state index in [9.17, 15) is 29.1 Å². The van der Waals surface area contributed by atoms with Crippen molar-refractivity contribution in [1.29, 1.82) is 0 Å². The Balaban J connectivity index is 0.000000150. The zero-order valence-corrected chi connectivity index (χ0v) is 92.1. The number of aliphatic hydroxyl groups is 1. The largest absolute Gasteiger partial charge is 0.466 e. The predicted octanol–water partition coefficient (Wildman–Crippen LogP) is 24.8. The van der Waals surface area contributed by atoms with Gasteiger partial charge in [-0.1, -0.05) is 253 Å². The molecule has 1 N–H and O–H groups in total. The smallest absolute Gasteiger partial charge is 0.312 e. The van der Waals surface area contributed by atoms with Crippen LogP contribution in [0.25, 0.3) is 0 Å². The Labute approximate surface area is 866 Å². The molecule has 11 fully saturated rings. The summed E-state index contributed by atoms with van der Waals surface area (Å²) in [4.78, 5) is 58.8. The number of hydrogen-bond donors (Lipinski definition) is 1. The first kappa shape index (κ1) is 115. The molecule has 21 heteroatoms. The zero-order valence-electron chi connectivity index (χ0n) is 89.1. The fourth-order valence-electron chi connectivity index (χ4n) is 21.9. The summed E-state index contributed by atoms with van der Waals surface area (Å²) in [7, 11) is -4.11. The molecule has 1 unspecified atom stereocenters. The predicted molar refractivity (Wildman–Crippen MR) is 579 cm³/mol. The lowest BCUT2D eigenvalue weighted by molar-refractivity contribution is -0.200. The van der Waals surface area contributed by atoms with E-state index in [4.69, 9.17) is 56.8 Å². The number of ether oxygens (including phenoxy) is 12. The second kappa shape index (κ2) is 54.4. The summed E-state index contributed by atoms with van der Waals surface area (Å²) < 4.78 is 68.1. The molecular weight excluding hydrogens is 1850 g/mol. The van der Waals surface area contributed by atoms with Gasteiger partial charge in [0.2, 0.25) is 0 Å². The Morgan fingerprint density at radius 3 is 1.01 bits per heavy atom. The normalized spacial score (nSPS) is 24.7. The number of hydrogen-bond acceptors (Lipinski definition) is 18. The number of aryl methyl sites for hydroxylation is 6. The van der Waals surface area contributed by atoms with Gasteiger partial charge in [-0.15, -0.1) is 28.5 Å². The third-order valence-electron chi connectivity index (χ3n) is 31.5. The number of benzene rings is 6. The van der Waals surface area contributed by atoms with E-state index in [1.807, 2.05) is 50.2 Å². The van der Waals surface area contributed by atoms with Gasteiger partial charge in [-0.25, -0.2) is 0 Å². The molecule has 5 heterocycles. The van der Waals surface area contributed by atoms with Crippen molar-refractivity contribution in [3.05, 3.63) is 228 Å². The zero-order chi connectivity index (χ0) is 102. The average Bonchev–Trinajstić information content (AvgIpc) is 1.43. The molecule has 0 aromatic heterocycles. The number of allylic oxidation sites excluding steroid dienone is 2. The molecule has 12 aliphatic rings. The minimum absolute atomic E-state index is 0.0448. The van der Waals surface area contributed by atoms with Gasteiger partial charge in [0.25, 0.3) is 0 Å². The topological polar surface area (TPSA) is 216 Å². The van der Waals surface area contributed by atoms with Crippen molar-refractivity contribution >= 4 is 54.0 Å². The number of Topliss-reactive ketones (excluding diaryl/α,β-unsaturated/α-hetero) is 1. The number of carbonyl (C=O) groups is 5. The summed E-state index contributed by atoms with van der Waals surface area (Å²) in [5.41, 5.74) is 18.4. The third kappa shape index (κ3) is 36.1. The molecule has 144 heavy (non-hydrogen) atoms. The highest BCUT2D eigenvalue weighted by molar-refractivity contribution is 6.84. The van der Waals surface area contributed by atoms with Crippen LogP contribution in [0.2, 0.25) is 58.9 Å². The molecular formula is C123H170O18Si3. The molecule has 1 atom stereocenters. The van der Waals surface area contributed by atoms with Crippen LogP contribution in [0.15, 0.2) is 194 Å². The van der Waals surface area contributed by atoms with Gasteiger partial charge in [0.15, 0.2) is 34.7 Å². The maximum atomic E-state index is 12.6. The molecule has 5 spiro atoms. The first-order chi connectivity index (χ1) is 69.1. The fourth-order valence-corrected chi connectivity index (χ4v) is 23.8. The van der Waals surface area contributed by atoms with Gasteiger partial charge in [-0.05, 0) is 219 Å². The van der Waals surface area contributed by atoms with Crippen molar-refractivity contribution < 1.29 is 85.9 Å². The summed E-state index contributed by atoms with van der Waals surface area (Å²) >= 11 is 0. The fraction of sp³-hybridized carbons (Fsp3) is 0.602. The number of carbonyl (C=O) groups excluding carboxylic acids is 5. The highest BCUT2D eigenvalue weighted by atomic mass is 28.3. The molecule has 6 saturated carbocycles. The standard InChI is InChI=1S/C21H30O2Si.C19H26O4.C19H26OSi.C19H24OSi.C17H24O3.C17H22O3.C11H18O4/c1-24(2,3)18-15-20(10-9-19-7-5-4-6-8-19)11-13-21(14-12-20)22-16-17-23-21;1-2-21-17(20)18(9-8-16-6-4-3-5-7-16)10-12-19(13-11-18)22-14-15-23-19;2*1-21(2,3)16-15-19(13-10-18(20)11-14-19)12-9-17-7-5-4-6-8-17;2*18-14-16(7-6-15-4-2-1-3-5-15)8-10-17(11-9-16)19-12-13-20-17;1-2-13-10(12)9-3-5-11(6-4-9)14-7-8-15-11/h4-8H,9-14,16-17H2,1-3H3;3-7H,2,8-15H2,1H3;4-8H,9-14H2,1-3H3;4-8,10,13H,9,11-12,14H2,1-3H3;1-5,18H,6-14H2;1-5,14H,6-13H2;9H,2-8H2,1H3. The van der Waals surface area contributed by atoms with E-state index in [1.165, 1.54) is 39.7 Å². The van der Waals surface area contributed by atoms with Crippen LogP contribution < -0.4 is 0 Å². The van der Waals surface area contributed by atoms with E-state index >= 15 is 0 Å². The Kier molecular flexibility index (Phi) is 43.3. The van der Waals surface area contributed by atoms with Crippen LogP contribution in [-0.2, 0) is 119 Å². The molecule has 782 valence electrons. The Hall–Kier alpha value is -8.10. The minimum Gasteiger partial charge on any atom is -0.466 e. The lowest BCUT2D eigenvalue weighted by atomic mass is 9.69. The monoisotopic (exact) mass is 2020 g/mol. The van der Waals surface area contributed by atoms with E-state index in [2.05, 4.69) is 245 Å². The average molecular weight is 2020 g/mol. The van der Waals surface area contributed by atoms with Gasteiger partial charge < -0.3 is 66.7 Å². The highest BCUT2D eigenvalue weighted by Crippen LogP contribution is 2.53. The summed E-state index contributed by atoms with van der Waals surface area (Å²) in [5.74, 6) is 9.69. The molecule has 6 aromatic carbocycles. The van der Waals surface area contributed by atoms with Crippen molar-refractivity contribution in [3.8, 4) is 34.4 Å². The van der Waals surface area contributed by atoms with Crippen LogP contribution in [0.5, 0.6) is 0 Å². The molecule has 7 aliphatic carbocycles. The molecule has 0 radical (unpaired) electrons. The lowest BCUT2D eigenvalue weighted by Gasteiger charge is -2.43. The minimum atomic E-state index is -1.39. The number of esters is 2. The maximum absolute atomic E-state index is 12.6. The lowest BCUT2D eigenvalue weighted by Crippen LogP contribution is -2.44. The molecule has 6 aromatic rings. The van der Waals surface area contributed by atoms with E-state index in [0.717, 1.165) is 264 Å². The van der Waals surface area contributed by atoms with Crippen molar-refractivity contribution in [3.63, 3.8) is 0 Å². The molecule has 18 nitrogen and oxygen atoms in total. The van der Waals surface area contributed by atoms with Crippen molar-refractivity contribution in [2.75, 3.05) is 85.9 Å². The van der Waals surface area contributed by atoms with Crippen LogP contribution in [0, 0.1) is 72.8 Å². The molecule has 0 bridgehead atoms. The quantitative estimate of drug-likeness (QED) is 0.0258. The van der Waals surface area contributed by atoms with Gasteiger partial charge >= 0.3 is 11.9 Å². The molecule has 5 aliphatic heterocycles. The Morgan fingerprint density at radius 2 is 0.667 bits per heavy atom. The van der Waals surface area contributed by atoms with E-state index in [0.29, 0.717) is 65.1 Å². The summed E-state index contributed by atoms with van der Waals surface area (Å²) in [6.07, 6.45) is 39.8. The molecule has 18 rings (SSSR count). The first-order valence-electron chi connectivity index (χ1n) is 54.5. The van der Waals surface area contributed by atoms with Crippen LogP contribution in [0.4, 0.5) is 0 Å². The van der Waals surface area contributed by atoms with Gasteiger partial charge in [-0.3, -0.25) is 19.2 Å². The number of aliphatic hydroxyl groups excluding tert-OH is 1. The second-order valence-electron chi connectivity index (χ2n) is 45.7. The van der Waals surface area contributed by atoms with Crippen molar-refractivity contribution in [1.82, 2.24) is 0 Å². The second-order valence-corrected chi connectivity index (χ2v) is 59.9. The number of aldehydes is 1. The van der Waals surface area contributed by atoms with Crippen molar-refractivity contribution in [2.45, 2.75) is 346 Å².